The van der Waals surface area contributed by atoms with E-state index in [0.29, 0.717) is 22.6 Å². The fourth-order valence-electron chi connectivity index (χ4n) is 3.81. The zero-order valence-corrected chi connectivity index (χ0v) is 16.0. The fraction of sp³-hybridized carbons (Fsp3) is 0.286. The van der Waals surface area contributed by atoms with Crippen LogP contribution in [0.3, 0.4) is 0 Å². The van der Waals surface area contributed by atoms with E-state index in [2.05, 4.69) is 10.1 Å². The predicted molar refractivity (Wildman–Crippen MR) is 102 cm³/mol. The smallest absolute Gasteiger partial charge is 0.325 e. The van der Waals surface area contributed by atoms with E-state index in [1.165, 1.54) is 7.11 Å². The lowest BCUT2D eigenvalue weighted by atomic mass is 9.79. The summed E-state index contributed by atoms with van der Waals surface area (Å²) in [5.74, 6) is -0.628. The van der Waals surface area contributed by atoms with Crippen LogP contribution < -0.4 is 14.8 Å². The molecule has 8 nitrogen and oxygen atoms in total. The van der Waals surface area contributed by atoms with Gasteiger partial charge in [-0.3, -0.25) is 14.4 Å². The third-order valence-corrected chi connectivity index (χ3v) is 5.23. The van der Waals surface area contributed by atoms with E-state index in [4.69, 9.17) is 9.47 Å². The lowest BCUT2D eigenvalue weighted by Gasteiger charge is -2.39. The van der Waals surface area contributed by atoms with Crippen LogP contribution >= 0.6 is 0 Å². The molecule has 0 bridgehead atoms. The van der Waals surface area contributed by atoms with E-state index in [1.54, 1.807) is 48.3 Å². The number of ether oxygens (including phenoxy) is 3. The maximum absolute atomic E-state index is 13.1. The number of hydrogen-bond donors (Lipinski definition) is 1. The number of rotatable bonds is 4. The molecule has 0 saturated carbocycles. The Labute approximate surface area is 167 Å². The molecule has 150 valence electrons. The molecule has 0 aromatic heterocycles. The molecule has 1 N–H and O–H groups in total. The average Bonchev–Trinajstić information content (AvgIpc) is 3.22. The average molecular weight is 396 g/mol. The molecule has 4 rings (SSSR count). The van der Waals surface area contributed by atoms with Gasteiger partial charge in [-0.2, -0.15) is 0 Å². The number of hydrogen-bond acceptors (Lipinski definition) is 6. The highest BCUT2D eigenvalue weighted by atomic mass is 16.7. The number of carbonyl (C=O) groups excluding carboxylic acids is 3. The van der Waals surface area contributed by atoms with E-state index >= 15 is 0 Å². The van der Waals surface area contributed by atoms with Gasteiger partial charge >= 0.3 is 5.97 Å². The number of benzene rings is 2. The lowest BCUT2D eigenvalue weighted by Crippen LogP contribution is -2.46. The van der Waals surface area contributed by atoms with Crippen molar-refractivity contribution in [1.29, 1.82) is 0 Å². The molecule has 0 radical (unpaired) electrons. The van der Waals surface area contributed by atoms with Gasteiger partial charge in [-0.15, -0.1) is 0 Å². The summed E-state index contributed by atoms with van der Waals surface area (Å²) in [4.78, 5) is 39.2. The van der Waals surface area contributed by atoms with Gasteiger partial charge < -0.3 is 24.4 Å². The molecule has 2 aromatic rings. The summed E-state index contributed by atoms with van der Waals surface area (Å²) in [6.45, 7) is -0.121. The summed E-state index contributed by atoms with van der Waals surface area (Å²) in [5.41, 5.74) is 1.81. The summed E-state index contributed by atoms with van der Waals surface area (Å²) < 4.78 is 15.4. The Morgan fingerprint density at radius 1 is 1.17 bits per heavy atom. The molecule has 2 aliphatic rings. The molecular formula is C21H20N2O6. The molecule has 0 unspecified atom stereocenters. The topological polar surface area (TPSA) is 94.2 Å². The van der Waals surface area contributed by atoms with Crippen LogP contribution in [-0.4, -0.2) is 50.2 Å². The third kappa shape index (κ3) is 3.26. The molecule has 2 amide bonds. The van der Waals surface area contributed by atoms with Gasteiger partial charge in [-0.25, -0.2) is 0 Å². The fourth-order valence-corrected chi connectivity index (χ4v) is 3.81. The minimum Gasteiger partial charge on any atom is -0.468 e. The second-order valence-corrected chi connectivity index (χ2v) is 6.83. The van der Waals surface area contributed by atoms with Crippen molar-refractivity contribution >= 4 is 17.8 Å². The Hall–Kier alpha value is -3.55. The first-order valence-electron chi connectivity index (χ1n) is 9.11. The number of nitrogens with one attached hydrogen (secondary N) is 1. The quantitative estimate of drug-likeness (QED) is 0.790. The molecule has 8 heteroatoms. The number of methoxy groups -OCH3 is 1. The number of esters is 1. The number of likely N-dealkylation sites (N-methyl/N-ethyl adjacent to an activating group) is 1. The molecule has 0 saturated heterocycles. The number of amides is 2. The van der Waals surface area contributed by atoms with Gasteiger partial charge in [0.2, 0.25) is 12.7 Å². The Balaban J connectivity index is 1.77. The first-order valence-corrected chi connectivity index (χ1v) is 9.11. The molecule has 0 fully saturated rings. The summed E-state index contributed by atoms with van der Waals surface area (Å²) in [5, 5.41) is 2.62. The van der Waals surface area contributed by atoms with Crippen molar-refractivity contribution in [2.24, 2.45) is 0 Å². The molecule has 2 heterocycles. The van der Waals surface area contributed by atoms with Crippen molar-refractivity contribution in [2.75, 3.05) is 27.5 Å². The van der Waals surface area contributed by atoms with E-state index in [-0.39, 0.29) is 25.2 Å². The van der Waals surface area contributed by atoms with Crippen molar-refractivity contribution in [3.05, 3.63) is 59.2 Å². The highest BCUT2D eigenvalue weighted by Gasteiger charge is 2.43. The lowest BCUT2D eigenvalue weighted by molar-refractivity contribution is -0.141. The molecule has 0 aliphatic carbocycles. The van der Waals surface area contributed by atoms with Gasteiger partial charge in [0.1, 0.15) is 6.54 Å². The zero-order chi connectivity index (χ0) is 20.5. The minimum absolute atomic E-state index is 0.129. The first-order chi connectivity index (χ1) is 14.0. The third-order valence-electron chi connectivity index (χ3n) is 5.23. The van der Waals surface area contributed by atoms with Gasteiger partial charge in [0.05, 0.1) is 19.1 Å². The van der Waals surface area contributed by atoms with Crippen molar-refractivity contribution < 1.29 is 28.6 Å². The van der Waals surface area contributed by atoms with Gasteiger partial charge in [0.15, 0.2) is 11.5 Å². The minimum atomic E-state index is -0.709. The van der Waals surface area contributed by atoms with Crippen LogP contribution in [0.4, 0.5) is 0 Å². The van der Waals surface area contributed by atoms with Crippen molar-refractivity contribution in [3.63, 3.8) is 0 Å². The van der Waals surface area contributed by atoms with Crippen LogP contribution in [0, 0.1) is 0 Å². The highest BCUT2D eigenvalue weighted by molar-refractivity contribution is 6.01. The van der Waals surface area contributed by atoms with Crippen molar-refractivity contribution in [1.82, 2.24) is 10.2 Å². The van der Waals surface area contributed by atoms with E-state index in [9.17, 15) is 14.4 Å². The molecule has 0 spiro atoms. The van der Waals surface area contributed by atoms with Crippen molar-refractivity contribution in [2.45, 2.75) is 12.0 Å². The van der Waals surface area contributed by atoms with Gasteiger partial charge in [-0.05, 0) is 29.3 Å². The zero-order valence-electron chi connectivity index (χ0n) is 16.0. The van der Waals surface area contributed by atoms with Crippen LogP contribution in [0.15, 0.2) is 42.5 Å². The highest BCUT2D eigenvalue weighted by Crippen LogP contribution is 2.44. The normalized spacial score (nSPS) is 19.5. The largest absolute Gasteiger partial charge is 0.468 e. The molecule has 2 atom stereocenters. The van der Waals surface area contributed by atoms with E-state index in [1.807, 2.05) is 6.07 Å². The Morgan fingerprint density at radius 2 is 1.93 bits per heavy atom. The van der Waals surface area contributed by atoms with Crippen LogP contribution in [0.25, 0.3) is 0 Å². The summed E-state index contributed by atoms with van der Waals surface area (Å²) in [6.07, 6.45) is 0. The maximum Gasteiger partial charge on any atom is 0.325 e. The molecule has 2 aromatic carbocycles. The van der Waals surface area contributed by atoms with Crippen LogP contribution in [0.1, 0.15) is 33.4 Å². The summed E-state index contributed by atoms with van der Waals surface area (Å²) in [6, 6.07) is 11.8. The SMILES string of the molecule is COC(=O)CNC(=O)[C@@H]1c2ccccc2C(=O)N(C)[C@H]1c1ccc2c(c1)OCO2. The Morgan fingerprint density at radius 3 is 2.72 bits per heavy atom. The van der Waals surface area contributed by atoms with E-state index in [0.717, 1.165) is 5.56 Å². The molecule has 2 aliphatic heterocycles. The number of nitrogens with zero attached hydrogens (tertiary/aromatic N) is 1. The first kappa shape index (κ1) is 18.8. The Kier molecular flexibility index (Phi) is 4.84. The Bertz CT molecular complexity index is 989. The van der Waals surface area contributed by atoms with E-state index < -0.39 is 17.9 Å². The summed E-state index contributed by atoms with van der Waals surface area (Å²) in [7, 11) is 2.92. The van der Waals surface area contributed by atoms with Crippen LogP contribution in [0.5, 0.6) is 11.5 Å². The van der Waals surface area contributed by atoms with Gasteiger partial charge in [-0.1, -0.05) is 24.3 Å². The predicted octanol–water partition coefficient (Wildman–Crippen LogP) is 1.61. The number of fused-ring (bicyclic) bond motifs is 2. The standard InChI is InChI=1S/C21H20N2O6/c1-23-19(12-7-8-15-16(9-12)29-11-28-15)18(20(25)22-10-17(24)27-2)13-5-3-4-6-14(13)21(23)26/h3-9,18-19H,10-11H2,1-2H3,(H,22,25)/t18-,19+/m1/s1. The van der Waals surface area contributed by atoms with Gasteiger partial charge in [0, 0.05) is 12.6 Å². The van der Waals surface area contributed by atoms with Gasteiger partial charge in [0.25, 0.3) is 5.91 Å². The van der Waals surface area contributed by atoms with Crippen LogP contribution in [0.2, 0.25) is 0 Å². The second-order valence-electron chi connectivity index (χ2n) is 6.83. The summed E-state index contributed by atoms with van der Waals surface area (Å²) >= 11 is 0. The molecular weight excluding hydrogens is 376 g/mol. The maximum atomic E-state index is 13.1. The monoisotopic (exact) mass is 396 g/mol. The number of carbonyl (C=O) groups is 3. The van der Waals surface area contributed by atoms with Crippen LogP contribution in [-0.2, 0) is 14.3 Å². The second kappa shape index (κ2) is 7.46. The van der Waals surface area contributed by atoms with Crippen molar-refractivity contribution in [3.8, 4) is 11.5 Å². The molecule has 29 heavy (non-hydrogen) atoms.